The highest BCUT2D eigenvalue weighted by Crippen LogP contribution is 2.05. The van der Waals surface area contributed by atoms with Gasteiger partial charge < -0.3 is 9.64 Å². The Kier molecular flexibility index (Phi) is 3.98. The van der Waals surface area contributed by atoms with Gasteiger partial charge in [-0.2, -0.15) is 0 Å². The van der Waals surface area contributed by atoms with Crippen LogP contribution in [0.3, 0.4) is 0 Å². The number of ether oxygens (including phenoxy) is 1. The summed E-state index contributed by atoms with van der Waals surface area (Å²) in [5, 5.41) is 0. The van der Waals surface area contributed by atoms with Crippen LogP contribution in [0.15, 0.2) is 0 Å². The quantitative estimate of drug-likeness (QED) is 0.607. The lowest BCUT2D eigenvalue weighted by Gasteiger charge is -2.37. The molecule has 0 amide bonds. The van der Waals surface area contributed by atoms with Crippen molar-refractivity contribution in [1.82, 2.24) is 9.80 Å². The van der Waals surface area contributed by atoms with Gasteiger partial charge in [-0.1, -0.05) is 0 Å². The molecule has 1 heterocycles. The van der Waals surface area contributed by atoms with E-state index in [9.17, 15) is 0 Å². The van der Waals surface area contributed by atoms with Gasteiger partial charge >= 0.3 is 0 Å². The van der Waals surface area contributed by atoms with Crippen LogP contribution in [-0.2, 0) is 4.74 Å². The van der Waals surface area contributed by atoms with Gasteiger partial charge in [0.1, 0.15) is 0 Å². The van der Waals surface area contributed by atoms with E-state index in [0.29, 0.717) is 6.04 Å². The highest BCUT2D eigenvalue weighted by atomic mass is 16.5. The van der Waals surface area contributed by atoms with Crippen molar-refractivity contribution < 1.29 is 4.74 Å². The number of hydrogen-bond donors (Lipinski definition) is 0. The molecule has 1 atom stereocenters. The van der Waals surface area contributed by atoms with Gasteiger partial charge in [0.2, 0.25) is 0 Å². The van der Waals surface area contributed by atoms with E-state index in [4.69, 9.17) is 4.74 Å². The molecule has 12 heavy (non-hydrogen) atoms. The van der Waals surface area contributed by atoms with E-state index in [1.54, 1.807) is 0 Å². The number of rotatable bonds is 3. The van der Waals surface area contributed by atoms with Gasteiger partial charge in [0.15, 0.2) is 0 Å². The average molecular weight is 172 g/mol. The Labute approximate surface area is 75.3 Å². The third-order valence-corrected chi connectivity index (χ3v) is 2.49. The minimum absolute atomic E-state index is 0.587. The molecule has 0 saturated carbocycles. The van der Waals surface area contributed by atoms with Gasteiger partial charge in [-0.3, -0.25) is 4.90 Å². The first kappa shape index (κ1) is 9.96. The molecule has 0 aromatic heterocycles. The molecule has 1 unspecified atom stereocenters. The van der Waals surface area contributed by atoms with E-state index >= 15 is 0 Å². The van der Waals surface area contributed by atoms with Crippen LogP contribution >= 0.6 is 0 Å². The molecule has 0 spiro atoms. The molecule has 1 fully saturated rings. The Morgan fingerprint density at radius 2 is 2.08 bits per heavy atom. The highest BCUT2D eigenvalue weighted by molar-refractivity contribution is 4.77. The predicted octanol–water partition coefficient (Wildman–Crippen LogP) is 0.269. The highest BCUT2D eigenvalue weighted by Gasteiger charge is 2.21. The van der Waals surface area contributed by atoms with Crippen LogP contribution in [0.2, 0.25) is 0 Å². The molecule has 1 saturated heterocycles. The van der Waals surface area contributed by atoms with Crippen molar-refractivity contribution in [3.63, 3.8) is 0 Å². The van der Waals surface area contributed by atoms with Crippen LogP contribution in [0, 0.1) is 0 Å². The van der Waals surface area contributed by atoms with Crippen LogP contribution in [0.4, 0.5) is 0 Å². The fourth-order valence-corrected chi connectivity index (χ4v) is 1.54. The fraction of sp³-hybridized carbons (Fsp3) is 1.00. The van der Waals surface area contributed by atoms with E-state index in [2.05, 4.69) is 23.9 Å². The Balaban J connectivity index is 2.28. The maximum atomic E-state index is 5.42. The van der Waals surface area contributed by atoms with E-state index in [0.717, 1.165) is 26.3 Å². The largest absolute Gasteiger partial charge is 0.380 e. The average Bonchev–Trinajstić information content (AvgIpc) is 2.07. The Morgan fingerprint density at radius 3 is 2.75 bits per heavy atom. The molecule has 3 nitrogen and oxygen atoms in total. The molecule has 0 bridgehead atoms. The third-order valence-electron chi connectivity index (χ3n) is 2.49. The van der Waals surface area contributed by atoms with Gasteiger partial charge in [-0.05, 0) is 21.0 Å². The summed E-state index contributed by atoms with van der Waals surface area (Å²) < 4.78 is 5.42. The monoisotopic (exact) mass is 172 g/mol. The molecular formula is C9H20N2O. The molecule has 0 aromatic rings. The first-order valence-corrected chi connectivity index (χ1v) is 4.70. The van der Waals surface area contributed by atoms with Crippen LogP contribution < -0.4 is 0 Å². The normalized spacial score (nSPS) is 27.8. The molecule has 1 rings (SSSR count). The second kappa shape index (κ2) is 4.80. The van der Waals surface area contributed by atoms with E-state index in [1.807, 2.05) is 6.92 Å². The van der Waals surface area contributed by atoms with Crippen molar-refractivity contribution in [3.05, 3.63) is 0 Å². The molecule has 0 N–H and O–H groups in total. The van der Waals surface area contributed by atoms with E-state index in [1.165, 1.54) is 6.54 Å². The number of likely N-dealkylation sites (N-methyl/N-ethyl adjacent to an activating group) is 2. The summed E-state index contributed by atoms with van der Waals surface area (Å²) in [4.78, 5) is 4.75. The minimum atomic E-state index is 0.587. The van der Waals surface area contributed by atoms with E-state index < -0.39 is 0 Å². The topological polar surface area (TPSA) is 15.7 Å². The summed E-state index contributed by atoms with van der Waals surface area (Å²) in [6.07, 6.45) is 0. The third kappa shape index (κ3) is 2.73. The zero-order valence-electron chi connectivity index (χ0n) is 8.42. The van der Waals surface area contributed by atoms with Crippen molar-refractivity contribution in [2.45, 2.75) is 13.0 Å². The molecule has 1 aliphatic heterocycles. The summed E-state index contributed by atoms with van der Waals surface area (Å²) in [6.45, 7) is 7.22. The Hall–Kier alpha value is -0.120. The van der Waals surface area contributed by atoms with Gasteiger partial charge in [0.05, 0.1) is 6.61 Å². The Morgan fingerprint density at radius 1 is 1.33 bits per heavy atom. The van der Waals surface area contributed by atoms with Gasteiger partial charge in [-0.25, -0.2) is 0 Å². The lowest BCUT2D eigenvalue weighted by atomic mass is 10.2. The van der Waals surface area contributed by atoms with Gasteiger partial charge in [0, 0.05) is 32.3 Å². The van der Waals surface area contributed by atoms with E-state index in [-0.39, 0.29) is 0 Å². The number of hydrogen-bond acceptors (Lipinski definition) is 3. The summed E-state index contributed by atoms with van der Waals surface area (Å²) in [5.74, 6) is 0. The zero-order valence-corrected chi connectivity index (χ0v) is 8.42. The van der Waals surface area contributed by atoms with Crippen molar-refractivity contribution >= 4 is 0 Å². The van der Waals surface area contributed by atoms with Crippen LogP contribution in [0.25, 0.3) is 0 Å². The first-order chi connectivity index (χ1) is 5.74. The maximum absolute atomic E-state index is 5.42. The molecule has 1 aliphatic rings. The minimum Gasteiger partial charge on any atom is -0.380 e. The first-order valence-electron chi connectivity index (χ1n) is 4.70. The maximum Gasteiger partial charge on any atom is 0.0634 e. The number of piperazine rings is 1. The molecule has 0 aromatic carbocycles. The summed E-state index contributed by atoms with van der Waals surface area (Å²) in [6, 6.07) is 0.587. The second-order valence-corrected chi connectivity index (χ2v) is 3.56. The zero-order chi connectivity index (χ0) is 8.97. The van der Waals surface area contributed by atoms with Crippen molar-refractivity contribution in [2.75, 3.05) is 46.9 Å². The smallest absolute Gasteiger partial charge is 0.0634 e. The lowest BCUT2D eigenvalue weighted by Crippen LogP contribution is -2.51. The van der Waals surface area contributed by atoms with Crippen molar-refractivity contribution in [2.24, 2.45) is 0 Å². The summed E-state index contributed by atoms with van der Waals surface area (Å²) >= 11 is 0. The fourth-order valence-electron chi connectivity index (χ4n) is 1.54. The van der Waals surface area contributed by atoms with Gasteiger partial charge in [0.25, 0.3) is 0 Å². The standard InChI is InChI=1S/C9H20N2O/c1-4-12-8-9-7-10(2)5-6-11(9)3/h9H,4-8H2,1-3H3. The van der Waals surface area contributed by atoms with Crippen molar-refractivity contribution in [1.29, 1.82) is 0 Å². The van der Waals surface area contributed by atoms with Crippen molar-refractivity contribution in [3.8, 4) is 0 Å². The molecule has 0 aliphatic carbocycles. The molecule has 72 valence electrons. The molecule has 3 heteroatoms. The van der Waals surface area contributed by atoms with Gasteiger partial charge in [-0.15, -0.1) is 0 Å². The lowest BCUT2D eigenvalue weighted by molar-refractivity contribution is 0.0343. The van der Waals surface area contributed by atoms with Crippen LogP contribution in [-0.4, -0.2) is 62.8 Å². The molecular weight excluding hydrogens is 152 g/mol. The second-order valence-electron chi connectivity index (χ2n) is 3.56. The number of nitrogens with zero attached hydrogens (tertiary/aromatic N) is 2. The van der Waals surface area contributed by atoms with Crippen LogP contribution in [0.1, 0.15) is 6.92 Å². The van der Waals surface area contributed by atoms with Crippen LogP contribution in [0.5, 0.6) is 0 Å². The molecule has 0 radical (unpaired) electrons. The summed E-state index contributed by atoms with van der Waals surface area (Å²) in [5.41, 5.74) is 0. The SMILES string of the molecule is CCOCC1CN(C)CCN1C. The summed E-state index contributed by atoms with van der Waals surface area (Å²) in [7, 11) is 4.35. The Bertz CT molecular complexity index is 130. The predicted molar refractivity (Wildman–Crippen MR) is 50.4 cm³/mol.